The molecule has 0 aliphatic heterocycles. The number of methoxy groups -OCH3 is 1. The summed E-state index contributed by atoms with van der Waals surface area (Å²) in [6.07, 6.45) is 5.30. The van der Waals surface area contributed by atoms with Crippen molar-refractivity contribution in [2.75, 3.05) is 12.4 Å². The maximum atomic E-state index is 13.1. The SMILES string of the molecule is COc1ccc(Cl)cc1NC(=O)c1cnn(-c2ccc(C)cc2)c1-n1cccc1. The van der Waals surface area contributed by atoms with E-state index in [1.165, 1.54) is 0 Å². The fourth-order valence-corrected chi connectivity index (χ4v) is 3.24. The van der Waals surface area contributed by atoms with Crippen LogP contribution in [0.3, 0.4) is 0 Å². The van der Waals surface area contributed by atoms with Gasteiger partial charge >= 0.3 is 0 Å². The van der Waals surface area contributed by atoms with Crippen molar-refractivity contribution in [2.45, 2.75) is 6.92 Å². The van der Waals surface area contributed by atoms with E-state index in [4.69, 9.17) is 16.3 Å². The summed E-state index contributed by atoms with van der Waals surface area (Å²) in [5.41, 5.74) is 2.92. The standard InChI is InChI=1S/C22H19ClN4O2/c1-15-5-8-17(9-6-15)27-22(26-11-3-4-12-26)18(14-24-27)21(28)25-19-13-16(23)7-10-20(19)29-2/h3-14H,1-2H3,(H,25,28). The summed E-state index contributed by atoms with van der Waals surface area (Å²) in [5, 5.41) is 7.85. The summed E-state index contributed by atoms with van der Waals surface area (Å²) in [7, 11) is 1.54. The molecule has 1 amide bonds. The van der Waals surface area contributed by atoms with Gasteiger partial charge in [-0.2, -0.15) is 5.10 Å². The highest BCUT2D eigenvalue weighted by Gasteiger charge is 2.21. The van der Waals surface area contributed by atoms with E-state index in [2.05, 4.69) is 10.4 Å². The lowest BCUT2D eigenvalue weighted by Gasteiger charge is -2.13. The molecule has 2 aromatic carbocycles. The average molecular weight is 407 g/mol. The van der Waals surface area contributed by atoms with Gasteiger partial charge in [0.2, 0.25) is 0 Å². The maximum Gasteiger partial charge on any atom is 0.261 e. The molecule has 6 nitrogen and oxygen atoms in total. The molecule has 0 spiro atoms. The van der Waals surface area contributed by atoms with Crippen LogP contribution in [0, 0.1) is 6.92 Å². The molecule has 0 bridgehead atoms. The van der Waals surface area contributed by atoms with Crippen LogP contribution < -0.4 is 10.1 Å². The number of halogens is 1. The first-order valence-corrected chi connectivity index (χ1v) is 9.38. The summed E-state index contributed by atoms with van der Waals surface area (Å²) in [6.45, 7) is 2.02. The number of hydrogen-bond donors (Lipinski definition) is 1. The zero-order valence-electron chi connectivity index (χ0n) is 16.0. The van der Waals surface area contributed by atoms with Crippen molar-refractivity contribution in [2.24, 2.45) is 0 Å². The van der Waals surface area contributed by atoms with Crippen LogP contribution in [0.1, 0.15) is 15.9 Å². The molecule has 29 heavy (non-hydrogen) atoms. The predicted octanol–water partition coefficient (Wildman–Crippen LogP) is 4.89. The first-order chi connectivity index (χ1) is 14.1. The van der Waals surface area contributed by atoms with Gasteiger partial charge in [-0.15, -0.1) is 0 Å². The predicted molar refractivity (Wildman–Crippen MR) is 114 cm³/mol. The lowest BCUT2D eigenvalue weighted by atomic mass is 10.2. The largest absolute Gasteiger partial charge is 0.495 e. The normalized spacial score (nSPS) is 10.7. The summed E-state index contributed by atoms with van der Waals surface area (Å²) in [4.78, 5) is 13.1. The Balaban J connectivity index is 1.77. The van der Waals surface area contributed by atoms with Crippen LogP contribution in [0.5, 0.6) is 5.75 Å². The Morgan fingerprint density at radius 3 is 2.52 bits per heavy atom. The summed E-state index contributed by atoms with van der Waals surface area (Å²) >= 11 is 6.09. The lowest BCUT2D eigenvalue weighted by molar-refractivity contribution is 0.102. The van der Waals surface area contributed by atoms with E-state index in [0.717, 1.165) is 11.3 Å². The molecule has 4 aromatic rings. The molecule has 4 rings (SSSR count). The Morgan fingerprint density at radius 1 is 1.10 bits per heavy atom. The van der Waals surface area contributed by atoms with Gasteiger partial charge in [0.1, 0.15) is 11.3 Å². The van der Waals surface area contributed by atoms with Crippen LogP contribution in [-0.4, -0.2) is 27.4 Å². The number of nitrogens with one attached hydrogen (secondary N) is 1. The van der Waals surface area contributed by atoms with Gasteiger partial charge < -0.3 is 14.6 Å². The Kier molecular flexibility index (Phi) is 5.10. The molecule has 0 unspecified atom stereocenters. The van der Waals surface area contributed by atoms with Crippen LogP contribution in [0.4, 0.5) is 5.69 Å². The smallest absolute Gasteiger partial charge is 0.261 e. The zero-order valence-corrected chi connectivity index (χ0v) is 16.7. The molecule has 0 fully saturated rings. The third kappa shape index (κ3) is 3.75. The quantitative estimate of drug-likeness (QED) is 0.513. The molecule has 0 saturated carbocycles. The number of amides is 1. The third-order valence-corrected chi connectivity index (χ3v) is 4.76. The van der Waals surface area contributed by atoms with Crippen molar-refractivity contribution in [3.05, 3.63) is 89.3 Å². The minimum atomic E-state index is -0.312. The Labute approximate surface area is 173 Å². The molecule has 0 radical (unpaired) electrons. The van der Waals surface area contributed by atoms with Gasteiger partial charge in [-0.1, -0.05) is 29.3 Å². The minimum Gasteiger partial charge on any atom is -0.495 e. The number of benzene rings is 2. The molecule has 2 aromatic heterocycles. The molecule has 1 N–H and O–H groups in total. The van der Waals surface area contributed by atoms with Crippen LogP contribution in [0.2, 0.25) is 5.02 Å². The van der Waals surface area contributed by atoms with E-state index in [1.807, 2.05) is 60.3 Å². The second-order valence-corrected chi connectivity index (χ2v) is 6.95. The molecular formula is C22H19ClN4O2. The van der Waals surface area contributed by atoms with Crippen molar-refractivity contribution < 1.29 is 9.53 Å². The number of carbonyl (C=O) groups excluding carboxylic acids is 1. The second kappa shape index (κ2) is 7.85. The fraction of sp³-hybridized carbons (Fsp3) is 0.0909. The number of ether oxygens (including phenoxy) is 1. The summed E-state index contributed by atoms with van der Waals surface area (Å²) in [5.74, 6) is 0.848. The van der Waals surface area contributed by atoms with Gasteiger partial charge in [-0.25, -0.2) is 4.68 Å². The van der Waals surface area contributed by atoms with E-state index >= 15 is 0 Å². The second-order valence-electron chi connectivity index (χ2n) is 6.52. The number of nitrogens with zero attached hydrogens (tertiary/aromatic N) is 3. The van der Waals surface area contributed by atoms with E-state index in [-0.39, 0.29) is 5.91 Å². The molecule has 0 aliphatic rings. The number of hydrogen-bond acceptors (Lipinski definition) is 3. The number of aryl methyl sites for hydroxylation is 1. The number of anilines is 1. The fourth-order valence-electron chi connectivity index (χ4n) is 3.07. The van der Waals surface area contributed by atoms with Crippen molar-refractivity contribution in [1.29, 1.82) is 0 Å². The van der Waals surface area contributed by atoms with Crippen molar-refractivity contribution in [3.8, 4) is 17.3 Å². The van der Waals surface area contributed by atoms with Crippen molar-refractivity contribution in [1.82, 2.24) is 14.3 Å². The Bertz CT molecular complexity index is 1150. The number of rotatable bonds is 5. The van der Waals surface area contributed by atoms with E-state index in [1.54, 1.807) is 36.2 Å². The number of aromatic nitrogens is 3. The van der Waals surface area contributed by atoms with Gasteiger partial charge in [-0.3, -0.25) is 4.79 Å². The van der Waals surface area contributed by atoms with E-state index < -0.39 is 0 Å². The summed E-state index contributed by atoms with van der Waals surface area (Å²) < 4.78 is 8.92. The van der Waals surface area contributed by atoms with Crippen LogP contribution >= 0.6 is 11.6 Å². The Hall–Kier alpha value is -3.51. The number of carbonyl (C=O) groups is 1. The average Bonchev–Trinajstić information content (AvgIpc) is 3.38. The maximum absolute atomic E-state index is 13.1. The van der Waals surface area contributed by atoms with E-state index in [0.29, 0.717) is 27.8 Å². The molecule has 7 heteroatoms. The Morgan fingerprint density at radius 2 is 1.83 bits per heavy atom. The summed E-state index contributed by atoms with van der Waals surface area (Å²) in [6, 6.07) is 16.8. The highest BCUT2D eigenvalue weighted by Crippen LogP contribution is 2.29. The third-order valence-electron chi connectivity index (χ3n) is 4.53. The van der Waals surface area contributed by atoms with E-state index in [9.17, 15) is 4.79 Å². The van der Waals surface area contributed by atoms with Crippen LogP contribution in [-0.2, 0) is 0 Å². The van der Waals surface area contributed by atoms with Gasteiger partial charge in [0.05, 0.1) is 24.7 Å². The highest BCUT2D eigenvalue weighted by molar-refractivity contribution is 6.31. The van der Waals surface area contributed by atoms with Gasteiger partial charge in [-0.05, 0) is 49.4 Å². The molecule has 0 aliphatic carbocycles. The van der Waals surface area contributed by atoms with Crippen molar-refractivity contribution >= 4 is 23.2 Å². The van der Waals surface area contributed by atoms with Gasteiger partial charge in [0, 0.05) is 17.4 Å². The zero-order chi connectivity index (χ0) is 20.4. The van der Waals surface area contributed by atoms with Crippen LogP contribution in [0.25, 0.3) is 11.5 Å². The van der Waals surface area contributed by atoms with Crippen LogP contribution in [0.15, 0.2) is 73.2 Å². The monoisotopic (exact) mass is 406 g/mol. The van der Waals surface area contributed by atoms with Gasteiger partial charge in [0.25, 0.3) is 5.91 Å². The molecule has 146 valence electrons. The minimum absolute atomic E-state index is 0.312. The first kappa shape index (κ1) is 18.8. The first-order valence-electron chi connectivity index (χ1n) is 9.00. The topological polar surface area (TPSA) is 61.1 Å². The van der Waals surface area contributed by atoms with Crippen molar-refractivity contribution in [3.63, 3.8) is 0 Å². The van der Waals surface area contributed by atoms with Gasteiger partial charge in [0.15, 0.2) is 5.82 Å². The molecule has 0 saturated heterocycles. The molecule has 2 heterocycles. The molecule has 0 atom stereocenters. The highest BCUT2D eigenvalue weighted by atomic mass is 35.5. The lowest BCUT2D eigenvalue weighted by Crippen LogP contribution is -2.16. The molecular weight excluding hydrogens is 388 g/mol.